The molecule has 0 aliphatic rings. The van der Waals surface area contributed by atoms with Gasteiger partial charge in [-0.2, -0.15) is 0 Å². The second-order valence-electron chi connectivity index (χ2n) is 19.0. The van der Waals surface area contributed by atoms with Crippen LogP contribution in [0, 0.1) is 27.7 Å². The smallest absolute Gasteiger partial charge is 0.0561 e. The highest BCUT2D eigenvalue weighted by molar-refractivity contribution is 6.11. The van der Waals surface area contributed by atoms with Gasteiger partial charge in [0.25, 0.3) is 0 Å². The molecule has 0 N–H and O–H groups in total. The molecule has 0 saturated carbocycles. The molecule has 0 aliphatic carbocycles. The second kappa shape index (κ2) is 19.1. The topological polar surface area (TPSA) is 37.2 Å². The summed E-state index contributed by atoms with van der Waals surface area (Å²) in [6.07, 6.45) is 0. The molecule has 3 heterocycles. The quantitative estimate of drug-likeness (QED) is 0.129. The van der Waals surface area contributed by atoms with Crippen molar-refractivity contribution < 1.29 is 0 Å². The number of para-hydroxylation sites is 4. The van der Waals surface area contributed by atoms with Crippen LogP contribution < -0.4 is 9.80 Å². The zero-order chi connectivity index (χ0) is 49.4. The highest BCUT2D eigenvalue weighted by Gasteiger charge is 2.21. The average molecular weight is 940 g/mol. The SMILES string of the molecule is Cc1cc(-c2ccc(-c3cc(-c4ccc(-c5cc(C)nc(C)c5)cc4)cc(-n4c5cc(N(c6ccccc6)c6ccccc6)ccc5c5ccc(N(c6ccccc6)c6ccccc6)cc54)c3)cc2)cc(C)n1. The molecule has 0 spiro atoms. The van der Waals surface area contributed by atoms with Gasteiger partial charge in [-0.25, -0.2) is 0 Å². The number of anilines is 6. The van der Waals surface area contributed by atoms with Crippen LogP contribution in [0.4, 0.5) is 34.1 Å². The van der Waals surface area contributed by atoms with Crippen LogP contribution in [0.2, 0.25) is 0 Å². The largest absolute Gasteiger partial charge is 0.310 e. The van der Waals surface area contributed by atoms with Gasteiger partial charge in [-0.05, 0) is 187 Å². The Bertz CT molecular complexity index is 3550. The maximum Gasteiger partial charge on any atom is 0.0561 e. The van der Waals surface area contributed by atoms with Gasteiger partial charge < -0.3 is 14.4 Å². The van der Waals surface area contributed by atoms with E-state index in [4.69, 9.17) is 0 Å². The molecule has 0 fully saturated rings. The molecular weight excluding hydrogens is 887 g/mol. The van der Waals surface area contributed by atoms with Gasteiger partial charge in [-0.3, -0.25) is 9.97 Å². The van der Waals surface area contributed by atoms with Crippen molar-refractivity contribution in [3.8, 4) is 50.2 Å². The number of aromatic nitrogens is 3. The summed E-state index contributed by atoms with van der Waals surface area (Å²) in [5.74, 6) is 0. The number of nitrogens with zero attached hydrogens (tertiary/aromatic N) is 5. The normalized spacial score (nSPS) is 11.3. The number of benzene rings is 9. The van der Waals surface area contributed by atoms with Crippen molar-refractivity contribution >= 4 is 55.9 Å². The summed E-state index contributed by atoms with van der Waals surface area (Å²) in [5, 5.41) is 2.34. The molecule has 0 atom stereocenters. The predicted molar refractivity (Wildman–Crippen MR) is 306 cm³/mol. The van der Waals surface area contributed by atoms with Crippen molar-refractivity contribution in [1.29, 1.82) is 0 Å². The zero-order valence-corrected chi connectivity index (χ0v) is 41.4. The number of pyridine rings is 2. The van der Waals surface area contributed by atoms with Gasteiger partial charge in [0.15, 0.2) is 0 Å². The third kappa shape index (κ3) is 8.94. The van der Waals surface area contributed by atoms with Crippen molar-refractivity contribution in [3.05, 3.63) is 271 Å². The Balaban J connectivity index is 1.11. The van der Waals surface area contributed by atoms with Crippen LogP contribution in [0.15, 0.2) is 249 Å². The molecule has 73 heavy (non-hydrogen) atoms. The predicted octanol–water partition coefficient (Wildman–Crippen LogP) is 18.4. The standard InChI is InChI=1S/C68H53N5/c1-46-37-54(38-47(2)69-46)50-25-29-52(30-26-50)56-41-57(53-31-27-51(28-32-53)55-39-48(3)70-49(4)40-55)43-64(42-56)73-67-44-62(71(58-17-9-5-10-18-58)59-19-11-6-12-20-59)33-35-65(67)66-36-34-63(45-68(66)73)72(60-21-13-7-14-22-60)61-23-15-8-16-24-61/h5-45H,1-4H3. The minimum Gasteiger partial charge on any atom is -0.310 e. The van der Waals surface area contributed by atoms with Gasteiger partial charge in [0.2, 0.25) is 0 Å². The van der Waals surface area contributed by atoms with E-state index in [0.29, 0.717) is 0 Å². The highest BCUT2D eigenvalue weighted by Crippen LogP contribution is 2.44. The Labute approximate surface area is 427 Å². The molecule has 350 valence electrons. The van der Waals surface area contributed by atoms with Gasteiger partial charge in [0.05, 0.1) is 11.0 Å². The number of hydrogen-bond acceptors (Lipinski definition) is 4. The van der Waals surface area contributed by atoms with Crippen LogP contribution in [-0.4, -0.2) is 14.5 Å². The Morgan fingerprint density at radius 3 is 0.849 bits per heavy atom. The third-order valence-corrected chi connectivity index (χ3v) is 13.8. The van der Waals surface area contributed by atoms with E-state index in [1.54, 1.807) is 0 Å². The summed E-state index contributed by atoms with van der Waals surface area (Å²) < 4.78 is 2.49. The summed E-state index contributed by atoms with van der Waals surface area (Å²) in [6.45, 7) is 8.25. The lowest BCUT2D eigenvalue weighted by molar-refractivity contribution is 1.12. The van der Waals surface area contributed by atoms with Crippen molar-refractivity contribution in [3.63, 3.8) is 0 Å². The van der Waals surface area contributed by atoms with Gasteiger partial charge >= 0.3 is 0 Å². The number of fused-ring (bicyclic) bond motifs is 3. The van der Waals surface area contributed by atoms with Crippen LogP contribution in [0.3, 0.4) is 0 Å². The monoisotopic (exact) mass is 939 g/mol. The van der Waals surface area contributed by atoms with Crippen LogP contribution in [0.1, 0.15) is 22.8 Å². The fourth-order valence-corrected chi connectivity index (χ4v) is 10.5. The zero-order valence-electron chi connectivity index (χ0n) is 41.4. The van der Waals surface area contributed by atoms with E-state index in [9.17, 15) is 0 Å². The third-order valence-electron chi connectivity index (χ3n) is 13.8. The number of aryl methyl sites for hydroxylation is 4. The lowest BCUT2D eigenvalue weighted by Crippen LogP contribution is -2.10. The number of hydrogen-bond donors (Lipinski definition) is 0. The summed E-state index contributed by atoms with van der Waals surface area (Å²) in [5.41, 5.74) is 23.0. The summed E-state index contributed by atoms with van der Waals surface area (Å²) in [6, 6.07) is 90.3. The number of rotatable bonds is 11. The molecular formula is C68H53N5. The van der Waals surface area contributed by atoms with Crippen LogP contribution in [0.5, 0.6) is 0 Å². The molecule has 9 aromatic carbocycles. The molecule has 0 aliphatic heterocycles. The Hall–Kier alpha value is -9.32. The van der Waals surface area contributed by atoms with Crippen molar-refractivity contribution in [2.24, 2.45) is 0 Å². The Morgan fingerprint density at radius 1 is 0.260 bits per heavy atom. The van der Waals surface area contributed by atoms with Crippen molar-refractivity contribution in [1.82, 2.24) is 14.5 Å². The van der Waals surface area contributed by atoms with Gasteiger partial charge in [0.1, 0.15) is 0 Å². The fourth-order valence-electron chi connectivity index (χ4n) is 10.5. The first-order valence-electron chi connectivity index (χ1n) is 25.0. The van der Waals surface area contributed by atoms with Gasteiger partial charge in [-0.15, -0.1) is 0 Å². The molecule has 0 amide bonds. The lowest BCUT2D eigenvalue weighted by atomic mass is 9.95. The first-order valence-corrected chi connectivity index (χ1v) is 25.0. The van der Waals surface area contributed by atoms with E-state index in [-0.39, 0.29) is 0 Å². The van der Waals surface area contributed by atoms with E-state index in [0.717, 1.165) is 107 Å². The molecule has 0 saturated heterocycles. The van der Waals surface area contributed by atoms with E-state index >= 15 is 0 Å². The molecule has 0 radical (unpaired) electrons. The average Bonchev–Trinajstić information content (AvgIpc) is 3.75. The van der Waals surface area contributed by atoms with Gasteiger partial charge in [-0.1, -0.05) is 133 Å². The fraction of sp³-hybridized carbons (Fsp3) is 0.0588. The van der Waals surface area contributed by atoms with Crippen molar-refractivity contribution in [2.45, 2.75) is 27.7 Å². The molecule has 3 aromatic heterocycles. The second-order valence-corrected chi connectivity index (χ2v) is 19.0. The molecule has 5 nitrogen and oxygen atoms in total. The minimum atomic E-state index is 1.01. The van der Waals surface area contributed by atoms with Crippen LogP contribution in [-0.2, 0) is 0 Å². The minimum absolute atomic E-state index is 1.01. The first-order chi connectivity index (χ1) is 35.8. The Morgan fingerprint density at radius 2 is 0.548 bits per heavy atom. The molecule has 12 rings (SSSR count). The molecule has 0 bridgehead atoms. The summed E-state index contributed by atoms with van der Waals surface area (Å²) in [4.78, 5) is 14.0. The maximum absolute atomic E-state index is 4.65. The van der Waals surface area contributed by atoms with Crippen LogP contribution >= 0.6 is 0 Å². The molecule has 12 aromatic rings. The maximum atomic E-state index is 4.65. The highest BCUT2D eigenvalue weighted by atomic mass is 15.2. The molecule has 5 heteroatoms. The van der Waals surface area contributed by atoms with E-state index in [1.165, 1.54) is 21.9 Å². The van der Waals surface area contributed by atoms with Gasteiger partial charge in [0, 0.05) is 73.4 Å². The van der Waals surface area contributed by atoms with E-state index in [1.807, 2.05) is 0 Å². The van der Waals surface area contributed by atoms with Crippen molar-refractivity contribution in [2.75, 3.05) is 9.80 Å². The lowest BCUT2D eigenvalue weighted by Gasteiger charge is -2.26. The summed E-state index contributed by atoms with van der Waals surface area (Å²) >= 11 is 0. The van der Waals surface area contributed by atoms with Crippen LogP contribution in [0.25, 0.3) is 72.0 Å². The van der Waals surface area contributed by atoms with E-state index in [2.05, 4.69) is 301 Å². The Kier molecular flexibility index (Phi) is 11.7. The van der Waals surface area contributed by atoms with E-state index < -0.39 is 0 Å². The molecule has 0 unspecified atom stereocenters. The first kappa shape index (κ1) is 44.9. The summed E-state index contributed by atoms with van der Waals surface area (Å²) in [7, 11) is 0.